The Balaban J connectivity index is 2.22. The van der Waals surface area contributed by atoms with Crippen LogP contribution in [0.5, 0.6) is 0 Å². The van der Waals surface area contributed by atoms with Crippen molar-refractivity contribution in [1.82, 2.24) is 16.0 Å². The van der Waals surface area contributed by atoms with Gasteiger partial charge in [-0.3, -0.25) is 14.7 Å². The van der Waals surface area contributed by atoms with Crippen LogP contribution < -0.4 is 20.7 Å². The first-order valence-corrected chi connectivity index (χ1v) is 14.3. The molecular weight excluding hydrogens is 528 g/mol. The molecule has 210 valence electrons. The average Bonchev–Trinajstić information content (AvgIpc) is 3.28. The summed E-state index contributed by atoms with van der Waals surface area (Å²) in [5, 5.41) is 9.66. The van der Waals surface area contributed by atoms with E-state index in [1.54, 1.807) is 31.3 Å². The molecule has 12 heteroatoms. The van der Waals surface area contributed by atoms with Crippen molar-refractivity contribution < 1.29 is 17.9 Å². The summed E-state index contributed by atoms with van der Waals surface area (Å²) < 4.78 is 31.4. The van der Waals surface area contributed by atoms with Crippen LogP contribution in [0.15, 0.2) is 52.6 Å². The Kier molecular flexibility index (Phi) is 10.8. The normalized spacial score (nSPS) is 18.9. The number of alkyl carbamates (subject to hydrolysis) is 1. The first kappa shape index (κ1) is 31.2. The minimum atomic E-state index is -3.47. The molecule has 0 aliphatic carbocycles. The van der Waals surface area contributed by atoms with Gasteiger partial charge >= 0.3 is 6.09 Å². The second-order valence-electron chi connectivity index (χ2n) is 10.1. The first-order valence-electron chi connectivity index (χ1n) is 12.3. The molecule has 0 aromatic heterocycles. The predicted molar refractivity (Wildman–Crippen MR) is 155 cm³/mol. The Morgan fingerprint density at radius 2 is 2.03 bits per heavy atom. The van der Waals surface area contributed by atoms with E-state index in [0.29, 0.717) is 23.1 Å². The maximum Gasteiger partial charge on any atom is 0.407 e. The number of hydrogen-bond donors (Lipinski definition) is 4. The number of sulfonamides is 1. The molecular formula is C26H39ClN6O4S. The molecule has 1 aromatic rings. The van der Waals surface area contributed by atoms with E-state index in [1.807, 2.05) is 19.9 Å². The number of amidine groups is 2. The molecule has 0 bridgehead atoms. The lowest BCUT2D eigenvalue weighted by Gasteiger charge is -2.23. The van der Waals surface area contributed by atoms with E-state index < -0.39 is 16.1 Å². The number of hydrogen-bond acceptors (Lipinski definition) is 7. The maximum absolute atomic E-state index is 12.1. The van der Waals surface area contributed by atoms with Gasteiger partial charge in [0.15, 0.2) is 0 Å². The smallest absolute Gasteiger partial charge is 0.407 e. The van der Waals surface area contributed by atoms with Crippen molar-refractivity contribution in [3.63, 3.8) is 0 Å². The molecule has 0 spiro atoms. The highest BCUT2D eigenvalue weighted by Crippen LogP contribution is 2.36. The number of nitrogens with zero attached hydrogens (tertiary/aromatic N) is 2. The number of rotatable bonds is 10. The van der Waals surface area contributed by atoms with Crippen molar-refractivity contribution in [3.8, 4) is 0 Å². The molecule has 1 aliphatic heterocycles. The minimum Gasteiger partial charge on any atom is -0.453 e. The Morgan fingerprint density at radius 3 is 2.63 bits per heavy atom. The fraction of sp³-hybridized carbons (Fsp3) is 0.500. The fourth-order valence-electron chi connectivity index (χ4n) is 3.54. The molecule has 4 N–H and O–H groups in total. The quantitative estimate of drug-likeness (QED) is 0.189. The lowest BCUT2D eigenvalue weighted by atomic mass is 9.94. The molecule has 10 nitrogen and oxygen atoms in total. The van der Waals surface area contributed by atoms with Crippen LogP contribution in [0.3, 0.4) is 0 Å². The van der Waals surface area contributed by atoms with Gasteiger partial charge in [0.05, 0.1) is 37.0 Å². The molecule has 1 amide bonds. The third-order valence-corrected chi connectivity index (χ3v) is 7.17. The lowest BCUT2D eigenvalue weighted by molar-refractivity contribution is 0.168. The predicted octanol–water partition coefficient (Wildman–Crippen LogP) is 4.38. The van der Waals surface area contributed by atoms with Gasteiger partial charge < -0.3 is 20.7 Å². The number of methoxy groups -OCH3 is 1. The number of anilines is 1. The van der Waals surface area contributed by atoms with Crippen LogP contribution in [0.4, 0.5) is 10.5 Å². The van der Waals surface area contributed by atoms with Gasteiger partial charge in [0.1, 0.15) is 11.9 Å². The summed E-state index contributed by atoms with van der Waals surface area (Å²) >= 11 is 6.37. The minimum absolute atomic E-state index is 0.0488. The summed E-state index contributed by atoms with van der Waals surface area (Å²) in [5.41, 5.74) is 1.67. The van der Waals surface area contributed by atoms with Crippen molar-refractivity contribution in [1.29, 1.82) is 0 Å². The number of ether oxygens (including phenoxy) is 1. The molecule has 1 aliphatic rings. The second kappa shape index (κ2) is 13.1. The van der Waals surface area contributed by atoms with E-state index in [-0.39, 0.29) is 29.3 Å². The van der Waals surface area contributed by atoms with Crippen LogP contribution in [-0.2, 0) is 14.8 Å². The highest BCUT2D eigenvalue weighted by Gasteiger charge is 2.36. The Hall–Kier alpha value is -3.05. The molecule has 38 heavy (non-hydrogen) atoms. The molecule has 0 saturated carbocycles. The van der Waals surface area contributed by atoms with E-state index in [1.165, 1.54) is 7.11 Å². The highest BCUT2D eigenvalue weighted by molar-refractivity contribution is 7.92. The van der Waals surface area contributed by atoms with Crippen LogP contribution in [0.25, 0.3) is 0 Å². The van der Waals surface area contributed by atoms with Crippen molar-refractivity contribution in [2.45, 2.75) is 59.7 Å². The Labute approximate surface area is 231 Å². The number of carbonyl (C=O) groups is 1. The van der Waals surface area contributed by atoms with E-state index in [0.717, 1.165) is 17.0 Å². The molecule has 2 unspecified atom stereocenters. The summed E-state index contributed by atoms with van der Waals surface area (Å²) in [6.07, 6.45) is 3.08. The number of nitrogens with one attached hydrogen (secondary N) is 4. The maximum atomic E-state index is 12.1. The second-order valence-corrected chi connectivity index (χ2v) is 12.5. The fourth-order valence-corrected chi connectivity index (χ4v) is 4.41. The Bertz CT molecular complexity index is 1220. The molecule has 2 rings (SSSR count). The van der Waals surface area contributed by atoms with Gasteiger partial charge in [0.2, 0.25) is 10.0 Å². The van der Waals surface area contributed by atoms with Crippen molar-refractivity contribution in [2.75, 3.05) is 24.1 Å². The summed E-state index contributed by atoms with van der Waals surface area (Å²) in [6.45, 7) is 16.0. The number of amides is 1. The average molecular weight is 567 g/mol. The monoisotopic (exact) mass is 566 g/mol. The van der Waals surface area contributed by atoms with E-state index in [4.69, 9.17) is 16.6 Å². The zero-order valence-corrected chi connectivity index (χ0v) is 24.6. The number of aliphatic imine (C=N–C) groups is 2. The molecule has 0 radical (unpaired) electrons. The van der Waals surface area contributed by atoms with Crippen LogP contribution >= 0.6 is 11.6 Å². The van der Waals surface area contributed by atoms with Crippen molar-refractivity contribution in [3.05, 3.63) is 53.2 Å². The third-order valence-electron chi connectivity index (χ3n) is 5.64. The van der Waals surface area contributed by atoms with Gasteiger partial charge in [-0.05, 0) is 56.2 Å². The van der Waals surface area contributed by atoms with E-state index in [9.17, 15) is 13.2 Å². The zero-order valence-electron chi connectivity index (χ0n) is 23.1. The summed E-state index contributed by atoms with van der Waals surface area (Å²) in [5.74, 6) is 1.43. The topological polar surface area (TPSA) is 133 Å². The van der Waals surface area contributed by atoms with E-state index >= 15 is 0 Å². The van der Waals surface area contributed by atoms with Gasteiger partial charge in [-0.25, -0.2) is 13.2 Å². The van der Waals surface area contributed by atoms with Crippen LogP contribution in [-0.4, -0.2) is 57.7 Å². The van der Waals surface area contributed by atoms with Crippen LogP contribution in [0.1, 0.15) is 53.1 Å². The highest BCUT2D eigenvalue weighted by atomic mass is 35.5. The van der Waals surface area contributed by atoms with Crippen LogP contribution in [0.2, 0.25) is 5.02 Å². The zero-order chi connectivity index (χ0) is 28.7. The SMILES string of the molecule is C=C(/C=C\NC(C)=NC[C@H](C)NC(=O)OC)C1NC(C(C)(C)C)=NC1c1cc(Cl)cc(NS(=O)(=O)CC)c1. The molecule has 0 fully saturated rings. The number of benzene rings is 1. The molecule has 0 saturated heterocycles. The standard InChI is InChI=1S/C26H39ClN6O4S/c1-9-38(35,36)33-21-13-19(12-20(27)14-21)23-22(31-24(32-23)26(5,6)7)16(2)10-11-28-18(4)29-15-17(3)30-25(34)37-8/h10-14,17,22-23,33H,2,9,15H2,1,3-8H3,(H,28,29)(H,30,34)(H,31,32)/b11-10-/t17-,22?,23?/m0/s1. The molecule has 1 aromatic carbocycles. The van der Waals surface area contributed by atoms with Gasteiger partial charge in [-0.1, -0.05) is 39.0 Å². The molecule has 1 heterocycles. The van der Waals surface area contributed by atoms with Crippen molar-refractivity contribution >= 4 is 45.1 Å². The van der Waals surface area contributed by atoms with E-state index in [2.05, 4.69) is 57.8 Å². The number of carbonyl (C=O) groups excluding carboxylic acids is 1. The lowest BCUT2D eigenvalue weighted by Crippen LogP contribution is -2.38. The third kappa shape index (κ3) is 9.36. The summed E-state index contributed by atoms with van der Waals surface area (Å²) in [7, 11) is -2.15. The van der Waals surface area contributed by atoms with Gasteiger partial charge in [-0.15, -0.1) is 0 Å². The number of halogens is 1. The molecule has 3 atom stereocenters. The van der Waals surface area contributed by atoms with Gasteiger partial charge in [0.25, 0.3) is 0 Å². The van der Waals surface area contributed by atoms with Gasteiger partial charge in [-0.2, -0.15) is 0 Å². The Morgan fingerprint density at radius 1 is 1.34 bits per heavy atom. The largest absolute Gasteiger partial charge is 0.453 e. The van der Waals surface area contributed by atoms with Crippen molar-refractivity contribution in [2.24, 2.45) is 15.4 Å². The summed E-state index contributed by atoms with van der Waals surface area (Å²) in [4.78, 5) is 20.6. The first-order chi connectivity index (χ1) is 17.6. The summed E-state index contributed by atoms with van der Waals surface area (Å²) in [6, 6.07) is 4.28. The van der Waals surface area contributed by atoms with Crippen LogP contribution in [0, 0.1) is 5.41 Å². The van der Waals surface area contributed by atoms with Gasteiger partial charge in [0, 0.05) is 22.7 Å².